The van der Waals surface area contributed by atoms with Crippen LogP contribution >= 0.6 is 23.1 Å². The SMILES string of the molecule is CC(=O)N1CCc2c(sc3nc(SCc4ccc(F)cc4)n(CC4CCCO4)c(=O)c23)C1. The fourth-order valence-corrected chi connectivity index (χ4v) is 6.56. The van der Waals surface area contributed by atoms with E-state index in [1.807, 2.05) is 4.90 Å². The molecule has 0 spiro atoms. The largest absolute Gasteiger partial charge is 0.376 e. The average Bonchev–Trinajstić information content (AvgIpc) is 3.42. The molecule has 0 N–H and O–H groups in total. The number of aromatic nitrogens is 2. The quantitative estimate of drug-likeness (QED) is 0.414. The minimum atomic E-state index is -0.266. The molecule has 2 aliphatic rings. The molecule has 4 heterocycles. The molecule has 1 amide bonds. The molecule has 3 aromatic rings. The van der Waals surface area contributed by atoms with Crippen LogP contribution in [-0.4, -0.2) is 39.6 Å². The highest BCUT2D eigenvalue weighted by atomic mass is 32.2. The van der Waals surface area contributed by atoms with Gasteiger partial charge in [-0.2, -0.15) is 0 Å². The van der Waals surface area contributed by atoms with Gasteiger partial charge in [0.2, 0.25) is 5.91 Å². The lowest BCUT2D eigenvalue weighted by molar-refractivity contribution is -0.129. The van der Waals surface area contributed by atoms with Gasteiger partial charge in [-0.15, -0.1) is 11.3 Å². The molecule has 2 aliphatic heterocycles. The Labute approximate surface area is 193 Å². The molecular weight excluding hydrogens is 449 g/mol. The van der Waals surface area contributed by atoms with Gasteiger partial charge in [0.25, 0.3) is 5.56 Å². The number of nitrogens with zero attached hydrogens (tertiary/aromatic N) is 3. The summed E-state index contributed by atoms with van der Waals surface area (Å²) < 4.78 is 20.8. The summed E-state index contributed by atoms with van der Waals surface area (Å²) in [6.07, 6.45) is 2.62. The van der Waals surface area contributed by atoms with Crippen LogP contribution in [0, 0.1) is 5.82 Å². The van der Waals surface area contributed by atoms with Gasteiger partial charge in [-0.25, -0.2) is 9.37 Å². The maximum absolute atomic E-state index is 13.7. The van der Waals surface area contributed by atoms with Gasteiger partial charge in [0.05, 0.1) is 24.6 Å². The molecule has 1 aromatic carbocycles. The summed E-state index contributed by atoms with van der Waals surface area (Å²) in [5, 5.41) is 1.35. The number of rotatable bonds is 5. The number of thioether (sulfide) groups is 1. The van der Waals surface area contributed by atoms with Crippen molar-refractivity contribution in [2.24, 2.45) is 0 Å². The van der Waals surface area contributed by atoms with Crippen LogP contribution in [0.5, 0.6) is 0 Å². The first-order chi connectivity index (χ1) is 15.5. The Balaban J connectivity index is 1.53. The van der Waals surface area contributed by atoms with Crippen molar-refractivity contribution < 1.29 is 13.9 Å². The maximum Gasteiger partial charge on any atom is 0.263 e. The first-order valence-corrected chi connectivity index (χ1v) is 12.6. The minimum absolute atomic E-state index is 0.0137. The van der Waals surface area contributed by atoms with Crippen molar-refractivity contribution >= 4 is 39.2 Å². The van der Waals surface area contributed by atoms with Crippen LogP contribution in [0.1, 0.15) is 35.8 Å². The zero-order valence-electron chi connectivity index (χ0n) is 17.8. The Morgan fingerprint density at radius 3 is 2.88 bits per heavy atom. The topological polar surface area (TPSA) is 64.4 Å². The van der Waals surface area contributed by atoms with Gasteiger partial charge >= 0.3 is 0 Å². The molecule has 1 fully saturated rings. The summed E-state index contributed by atoms with van der Waals surface area (Å²) in [6.45, 7) is 3.95. The molecule has 5 rings (SSSR count). The minimum Gasteiger partial charge on any atom is -0.376 e. The second-order valence-electron chi connectivity index (χ2n) is 8.23. The van der Waals surface area contributed by atoms with E-state index in [4.69, 9.17) is 9.72 Å². The van der Waals surface area contributed by atoms with Crippen molar-refractivity contribution in [3.05, 3.63) is 56.4 Å². The Morgan fingerprint density at radius 2 is 2.16 bits per heavy atom. The molecule has 0 aliphatic carbocycles. The number of ether oxygens (including phenoxy) is 1. The summed E-state index contributed by atoms with van der Waals surface area (Å²) in [5.41, 5.74) is 1.98. The number of carbonyl (C=O) groups is 1. The lowest BCUT2D eigenvalue weighted by Gasteiger charge is -2.25. The molecule has 1 atom stereocenters. The summed E-state index contributed by atoms with van der Waals surface area (Å²) in [4.78, 5) is 34.0. The number of amides is 1. The summed E-state index contributed by atoms with van der Waals surface area (Å²) >= 11 is 3.00. The number of benzene rings is 1. The van der Waals surface area contributed by atoms with Crippen LogP contribution in [0.4, 0.5) is 4.39 Å². The number of fused-ring (bicyclic) bond motifs is 3. The monoisotopic (exact) mass is 473 g/mol. The smallest absolute Gasteiger partial charge is 0.263 e. The van der Waals surface area contributed by atoms with Gasteiger partial charge in [-0.3, -0.25) is 14.2 Å². The van der Waals surface area contributed by atoms with E-state index < -0.39 is 0 Å². The average molecular weight is 474 g/mol. The van der Waals surface area contributed by atoms with E-state index in [-0.39, 0.29) is 23.4 Å². The van der Waals surface area contributed by atoms with E-state index in [2.05, 4.69) is 0 Å². The normalized spacial score (nSPS) is 18.3. The highest BCUT2D eigenvalue weighted by Crippen LogP contribution is 2.34. The predicted octanol–water partition coefficient (Wildman–Crippen LogP) is 3.97. The van der Waals surface area contributed by atoms with Crippen molar-refractivity contribution in [3.8, 4) is 0 Å². The molecule has 1 unspecified atom stereocenters. The number of hydrogen-bond donors (Lipinski definition) is 0. The molecule has 168 valence electrons. The Morgan fingerprint density at radius 1 is 1.34 bits per heavy atom. The Kier molecular flexibility index (Phi) is 6.05. The van der Waals surface area contributed by atoms with Gasteiger partial charge < -0.3 is 9.64 Å². The number of hydrogen-bond acceptors (Lipinski definition) is 6. The summed E-state index contributed by atoms with van der Waals surface area (Å²) in [6, 6.07) is 6.40. The number of carbonyl (C=O) groups excluding carboxylic acids is 1. The third kappa shape index (κ3) is 4.21. The van der Waals surface area contributed by atoms with Crippen LogP contribution in [0.3, 0.4) is 0 Å². The van der Waals surface area contributed by atoms with E-state index >= 15 is 0 Å². The summed E-state index contributed by atoms with van der Waals surface area (Å²) in [7, 11) is 0. The lowest BCUT2D eigenvalue weighted by Crippen LogP contribution is -2.34. The van der Waals surface area contributed by atoms with E-state index in [0.717, 1.165) is 40.3 Å². The van der Waals surface area contributed by atoms with Crippen LogP contribution in [0.15, 0.2) is 34.2 Å². The number of halogens is 1. The number of thiophene rings is 1. The molecule has 0 radical (unpaired) electrons. The molecule has 0 bridgehead atoms. The third-order valence-electron chi connectivity index (χ3n) is 6.06. The molecule has 2 aromatic heterocycles. The summed E-state index contributed by atoms with van der Waals surface area (Å²) in [5.74, 6) is 0.372. The zero-order valence-corrected chi connectivity index (χ0v) is 19.4. The maximum atomic E-state index is 13.7. The van der Waals surface area contributed by atoms with Crippen LogP contribution in [0.25, 0.3) is 10.2 Å². The van der Waals surface area contributed by atoms with Crippen molar-refractivity contribution in [2.45, 2.75) is 56.3 Å². The standard InChI is InChI=1S/C23H24FN3O3S2/c1-14(28)26-9-8-18-19(12-26)32-21-20(18)22(29)27(11-17-3-2-10-30-17)23(25-21)31-13-15-4-6-16(24)7-5-15/h4-7,17H,2-3,8-13H2,1H3. The van der Waals surface area contributed by atoms with Crippen LogP contribution in [0.2, 0.25) is 0 Å². The van der Waals surface area contributed by atoms with E-state index in [9.17, 15) is 14.0 Å². The first kappa shape index (κ1) is 21.6. The Hall–Kier alpha value is -2.23. The second kappa shape index (κ2) is 8.96. The molecule has 1 saturated heterocycles. The van der Waals surface area contributed by atoms with Gasteiger partial charge in [0, 0.05) is 30.7 Å². The molecule has 9 heteroatoms. The highest BCUT2D eigenvalue weighted by molar-refractivity contribution is 7.98. The van der Waals surface area contributed by atoms with Gasteiger partial charge in [-0.05, 0) is 42.5 Å². The molecule has 0 saturated carbocycles. The van der Waals surface area contributed by atoms with E-state index in [1.165, 1.54) is 35.2 Å². The lowest BCUT2D eigenvalue weighted by atomic mass is 10.1. The van der Waals surface area contributed by atoms with Gasteiger partial charge in [0.1, 0.15) is 10.6 Å². The van der Waals surface area contributed by atoms with Crippen molar-refractivity contribution in [1.29, 1.82) is 0 Å². The third-order valence-corrected chi connectivity index (χ3v) is 8.22. The van der Waals surface area contributed by atoms with Gasteiger partial charge in [0.15, 0.2) is 5.16 Å². The van der Waals surface area contributed by atoms with Crippen LogP contribution in [-0.2, 0) is 34.8 Å². The zero-order chi connectivity index (χ0) is 22.2. The fraction of sp³-hybridized carbons (Fsp3) is 0.435. The van der Waals surface area contributed by atoms with E-state index in [1.54, 1.807) is 23.6 Å². The van der Waals surface area contributed by atoms with Crippen LogP contribution < -0.4 is 5.56 Å². The molecular formula is C23H24FN3O3S2. The first-order valence-electron chi connectivity index (χ1n) is 10.8. The second-order valence-corrected chi connectivity index (χ2v) is 10.3. The van der Waals surface area contributed by atoms with Crippen molar-refractivity contribution in [2.75, 3.05) is 13.2 Å². The Bertz CT molecular complexity index is 1220. The molecule has 6 nitrogen and oxygen atoms in total. The highest BCUT2D eigenvalue weighted by Gasteiger charge is 2.27. The predicted molar refractivity (Wildman–Crippen MR) is 124 cm³/mol. The van der Waals surface area contributed by atoms with Crippen molar-refractivity contribution in [1.82, 2.24) is 14.5 Å². The van der Waals surface area contributed by atoms with Gasteiger partial charge in [-0.1, -0.05) is 23.9 Å². The van der Waals surface area contributed by atoms with Crippen molar-refractivity contribution in [3.63, 3.8) is 0 Å². The molecule has 32 heavy (non-hydrogen) atoms. The van der Waals surface area contributed by atoms with E-state index in [0.29, 0.717) is 42.4 Å². The fourth-order valence-electron chi connectivity index (χ4n) is 4.32.